The number of aliphatic hydroxyl groups is 2. The predicted molar refractivity (Wildman–Crippen MR) is 119 cm³/mol. The molecule has 0 aliphatic heterocycles. The van der Waals surface area contributed by atoms with Gasteiger partial charge < -0.3 is 25.4 Å². The summed E-state index contributed by atoms with van der Waals surface area (Å²) in [5.74, 6) is -0.385. The van der Waals surface area contributed by atoms with Crippen LogP contribution in [-0.4, -0.2) is 54.9 Å². The van der Waals surface area contributed by atoms with Crippen molar-refractivity contribution in [3.63, 3.8) is 0 Å². The van der Waals surface area contributed by atoms with E-state index in [1.807, 2.05) is 18.2 Å². The van der Waals surface area contributed by atoms with Crippen LogP contribution in [0.4, 0.5) is 11.8 Å². The highest BCUT2D eigenvalue weighted by Gasteiger charge is 2.75. The fraction of sp³-hybridized carbons (Fsp3) is 0.400. The minimum Gasteiger partial charge on any atom is -0.389 e. The molecule has 2 aliphatic carbocycles. The average Bonchev–Trinajstić information content (AvgIpc) is 3.34. The van der Waals surface area contributed by atoms with Crippen molar-refractivity contribution < 1.29 is 15.0 Å². The van der Waals surface area contributed by atoms with E-state index in [4.69, 9.17) is 17.1 Å². The number of anilines is 1. The summed E-state index contributed by atoms with van der Waals surface area (Å²) in [5.41, 5.74) is 9.48. The van der Waals surface area contributed by atoms with Crippen molar-refractivity contribution in [3.05, 3.63) is 51.6 Å². The number of imidazole rings is 1. The number of fused-ring (bicyclic) bond motifs is 2. The van der Waals surface area contributed by atoms with Crippen LogP contribution < -0.4 is 10.6 Å². The Morgan fingerprint density at radius 2 is 2.24 bits per heavy atom. The van der Waals surface area contributed by atoms with Gasteiger partial charge in [0.25, 0.3) is 0 Å². The Balaban J connectivity index is 1.54. The summed E-state index contributed by atoms with van der Waals surface area (Å²) in [6.07, 6.45) is -0.491. The maximum Gasteiger partial charge on any atom is 0.229 e. The number of nitrogens with zero attached hydrogens (tertiary/aromatic N) is 7. The molecule has 0 unspecified atom stereocenters. The molecule has 5 rings (SSSR count). The molecule has 12 nitrogen and oxygen atoms in total. The summed E-state index contributed by atoms with van der Waals surface area (Å²) in [7, 11) is 1.50. The van der Waals surface area contributed by atoms with Gasteiger partial charge in [0.15, 0.2) is 11.5 Å². The van der Waals surface area contributed by atoms with Gasteiger partial charge in [0.05, 0.1) is 23.9 Å². The second-order valence-electron chi connectivity index (χ2n) is 8.23. The third-order valence-electron chi connectivity index (χ3n) is 6.54. The molecule has 0 spiro atoms. The van der Waals surface area contributed by atoms with Crippen LogP contribution in [0.1, 0.15) is 18.0 Å². The summed E-state index contributed by atoms with van der Waals surface area (Å²) in [6.45, 7) is 0.377. The number of carbonyl (C=O) groups is 1. The quantitative estimate of drug-likeness (QED) is 0.242. The molecular formula is C20H20ClN9O3. The zero-order chi connectivity index (χ0) is 23.3. The molecule has 0 radical (unpaired) electrons. The first-order valence-electron chi connectivity index (χ1n) is 10.3. The number of hydrogen-bond acceptors (Lipinski definition) is 8. The molecule has 2 fully saturated rings. The lowest BCUT2D eigenvalue weighted by molar-refractivity contribution is -0.132. The van der Waals surface area contributed by atoms with E-state index in [0.717, 1.165) is 5.56 Å². The minimum atomic E-state index is -1.22. The van der Waals surface area contributed by atoms with Gasteiger partial charge in [0.1, 0.15) is 11.6 Å². The fourth-order valence-electron chi connectivity index (χ4n) is 4.95. The largest absolute Gasteiger partial charge is 0.389 e. The van der Waals surface area contributed by atoms with E-state index >= 15 is 0 Å². The Morgan fingerprint density at radius 3 is 2.97 bits per heavy atom. The summed E-state index contributed by atoms with van der Waals surface area (Å²) >= 11 is 6.05. The maximum atomic E-state index is 12.4. The number of azide groups is 1. The zero-order valence-corrected chi connectivity index (χ0v) is 18.2. The maximum absolute atomic E-state index is 12.4. The summed E-state index contributed by atoms with van der Waals surface area (Å²) in [5, 5.41) is 31.3. The van der Waals surface area contributed by atoms with Crippen LogP contribution >= 0.6 is 11.6 Å². The van der Waals surface area contributed by atoms with Crippen LogP contribution in [0.3, 0.4) is 0 Å². The molecule has 2 heterocycles. The van der Waals surface area contributed by atoms with Crippen molar-refractivity contribution in [1.29, 1.82) is 0 Å². The van der Waals surface area contributed by atoms with Gasteiger partial charge in [-0.05, 0) is 34.8 Å². The van der Waals surface area contributed by atoms with Gasteiger partial charge in [0, 0.05) is 29.4 Å². The van der Waals surface area contributed by atoms with Gasteiger partial charge in [0.2, 0.25) is 11.9 Å². The molecule has 33 heavy (non-hydrogen) atoms. The minimum absolute atomic E-state index is 0.123. The number of hydrogen-bond donors (Lipinski definition) is 4. The van der Waals surface area contributed by atoms with Crippen LogP contribution in [0, 0.1) is 11.3 Å². The Kier molecular flexibility index (Phi) is 5.09. The molecule has 2 saturated carbocycles. The van der Waals surface area contributed by atoms with Crippen LogP contribution in [0.2, 0.25) is 5.02 Å². The zero-order valence-electron chi connectivity index (χ0n) is 17.4. The van der Waals surface area contributed by atoms with E-state index in [0.29, 0.717) is 35.0 Å². The smallest absolute Gasteiger partial charge is 0.229 e. The standard InChI is InChI=1S/C20H20ClN9O3/c1-23-18(33)20-6-11(20)13(14(31)15(20)32)30-8-25-12-16(26-19(28-29-22)27-17(12)30)24-7-9-3-2-4-10(21)5-9/h2-5,8,11,13-15,31-32H,6-7H2,1H3,(H,23,33)(H,24,26,27)/t11-,13-,14+,15+,20+/m1/s1. The second-order valence-corrected chi connectivity index (χ2v) is 8.66. The van der Waals surface area contributed by atoms with Crippen LogP contribution in [0.25, 0.3) is 21.6 Å². The molecule has 4 N–H and O–H groups in total. The summed E-state index contributed by atoms with van der Waals surface area (Å²) in [6, 6.07) is 6.67. The lowest BCUT2D eigenvalue weighted by Crippen LogP contribution is -2.41. The number of aromatic nitrogens is 4. The molecule has 3 aromatic rings. The predicted octanol–water partition coefficient (Wildman–Crippen LogP) is 2.06. The number of amides is 1. The van der Waals surface area contributed by atoms with E-state index in [-0.39, 0.29) is 17.8 Å². The summed E-state index contributed by atoms with van der Waals surface area (Å²) < 4.78 is 1.62. The van der Waals surface area contributed by atoms with E-state index in [1.165, 1.54) is 13.4 Å². The first-order valence-corrected chi connectivity index (χ1v) is 10.6. The molecular weight excluding hydrogens is 450 g/mol. The second kappa shape index (κ2) is 7.85. The SMILES string of the molecule is CNC(=O)[C@@]12C[C@@H]1[C@@H](n1cnc3c(NCc4cccc(Cl)c4)nc(N=[N+]=[N-])nc31)[C@H](O)[C@@H]2O. The number of halogens is 1. The summed E-state index contributed by atoms with van der Waals surface area (Å²) in [4.78, 5) is 28.2. The molecule has 1 aromatic carbocycles. The number of aliphatic hydroxyl groups excluding tert-OH is 2. The van der Waals surface area contributed by atoms with Crippen molar-refractivity contribution in [1.82, 2.24) is 24.8 Å². The molecule has 1 amide bonds. The van der Waals surface area contributed by atoms with E-state index < -0.39 is 23.7 Å². The van der Waals surface area contributed by atoms with Crippen LogP contribution in [0.5, 0.6) is 0 Å². The Bertz CT molecular complexity index is 1310. The van der Waals surface area contributed by atoms with E-state index in [2.05, 4.69) is 35.6 Å². The van der Waals surface area contributed by atoms with Crippen molar-refractivity contribution in [2.75, 3.05) is 12.4 Å². The number of nitrogens with one attached hydrogen (secondary N) is 2. The topological polar surface area (TPSA) is 174 Å². The van der Waals surface area contributed by atoms with Crippen molar-refractivity contribution in [2.24, 2.45) is 16.4 Å². The third kappa shape index (κ3) is 3.26. The van der Waals surface area contributed by atoms with Gasteiger partial charge in [-0.15, -0.1) is 0 Å². The highest BCUT2D eigenvalue weighted by Crippen LogP contribution is 2.67. The highest BCUT2D eigenvalue weighted by molar-refractivity contribution is 6.30. The van der Waals surface area contributed by atoms with Gasteiger partial charge in [-0.25, -0.2) is 15.0 Å². The molecule has 5 atom stereocenters. The number of benzene rings is 1. The fourth-order valence-corrected chi connectivity index (χ4v) is 5.16. The molecule has 2 aliphatic rings. The Hall–Kier alpha value is -3.44. The van der Waals surface area contributed by atoms with Gasteiger partial charge in [-0.3, -0.25) is 4.79 Å². The van der Waals surface area contributed by atoms with Crippen LogP contribution in [0.15, 0.2) is 35.7 Å². The molecule has 0 bridgehead atoms. The monoisotopic (exact) mass is 469 g/mol. The van der Waals surface area contributed by atoms with Gasteiger partial charge >= 0.3 is 0 Å². The van der Waals surface area contributed by atoms with Crippen molar-refractivity contribution in [3.8, 4) is 0 Å². The van der Waals surface area contributed by atoms with Crippen molar-refractivity contribution >= 4 is 40.4 Å². The molecule has 2 aromatic heterocycles. The Morgan fingerprint density at radius 1 is 1.42 bits per heavy atom. The lowest BCUT2D eigenvalue weighted by Gasteiger charge is -2.23. The van der Waals surface area contributed by atoms with Crippen molar-refractivity contribution in [2.45, 2.75) is 31.2 Å². The number of rotatable bonds is 6. The van der Waals surface area contributed by atoms with Gasteiger partial charge in [-0.2, -0.15) is 0 Å². The first-order chi connectivity index (χ1) is 15.9. The first kappa shape index (κ1) is 21.4. The van der Waals surface area contributed by atoms with Crippen LogP contribution in [-0.2, 0) is 11.3 Å². The van der Waals surface area contributed by atoms with E-state index in [9.17, 15) is 15.0 Å². The molecule has 170 valence electrons. The average molecular weight is 470 g/mol. The number of carbonyl (C=O) groups excluding carboxylic acids is 1. The molecule has 0 saturated heterocycles. The molecule has 13 heteroatoms. The van der Waals surface area contributed by atoms with E-state index in [1.54, 1.807) is 10.6 Å². The van der Waals surface area contributed by atoms with Gasteiger partial charge in [-0.1, -0.05) is 23.7 Å². The lowest BCUT2D eigenvalue weighted by atomic mass is 9.98. The Labute approximate surface area is 192 Å². The normalized spacial score (nSPS) is 27.6. The highest BCUT2D eigenvalue weighted by atomic mass is 35.5. The third-order valence-corrected chi connectivity index (χ3v) is 6.77.